The van der Waals surface area contributed by atoms with Crippen molar-refractivity contribution in [3.8, 4) is 5.75 Å². The van der Waals surface area contributed by atoms with E-state index in [2.05, 4.69) is 41.3 Å². The van der Waals surface area contributed by atoms with E-state index in [1.807, 2.05) is 12.1 Å². The Morgan fingerprint density at radius 2 is 2.02 bits per heavy atom. The largest absolute Gasteiger partial charge is 0.490 e. The number of aliphatic hydroxyl groups is 1. The first kappa shape index (κ1) is 35.8. The first-order valence-corrected chi connectivity index (χ1v) is 19.3. The van der Waals surface area contributed by atoms with Crippen LogP contribution in [0.4, 0.5) is 5.69 Å². The lowest BCUT2D eigenvalue weighted by atomic mass is 9.68. The third-order valence-electron chi connectivity index (χ3n) is 10.4. The Balaban J connectivity index is 1.50. The van der Waals surface area contributed by atoms with Crippen molar-refractivity contribution in [1.82, 2.24) is 4.72 Å². The molecule has 10 heteroatoms. The minimum Gasteiger partial charge on any atom is -0.490 e. The van der Waals surface area contributed by atoms with E-state index in [0.29, 0.717) is 55.4 Å². The topological polar surface area (TPSA) is 95.9 Å². The Bertz CT molecular complexity index is 1600. The normalized spacial score (nSPS) is 23.6. The number of hydrogen-bond donors (Lipinski definition) is 2. The summed E-state index contributed by atoms with van der Waals surface area (Å²) in [6.07, 6.45) is 13.2. The maximum absolute atomic E-state index is 13.6. The molecular weight excluding hydrogens is 655 g/mol. The number of allylic oxidation sites excluding steroid dienone is 2. The van der Waals surface area contributed by atoms with Crippen LogP contribution in [0, 0.1) is 11.8 Å². The quantitative estimate of drug-likeness (QED) is 0.205. The molecule has 47 heavy (non-hydrogen) atoms. The highest BCUT2D eigenvalue weighted by molar-refractivity contribution is 7.90. The predicted octanol–water partition coefficient (Wildman–Crippen LogP) is 8.01. The highest BCUT2D eigenvalue weighted by Crippen LogP contribution is 2.47. The van der Waals surface area contributed by atoms with Crippen LogP contribution in [0.3, 0.4) is 0 Å². The number of ether oxygens (including phenoxy) is 1. The molecule has 5 atom stereocenters. The number of aryl methyl sites for hydroxylation is 1. The Labute approximate surface area is 290 Å². The van der Waals surface area contributed by atoms with Crippen molar-refractivity contribution in [2.75, 3.05) is 24.6 Å². The summed E-state index contributed by atoms with van der Waals surface area (Å²) >= 11 is 13.1. The molecule has 1 saturated carbocycles. The van der Waals surface area contributed by atoms with Crippen molar-refractivity contribution in [1.29, 1.82) is 0 Å². The van der Waals surface area contributed by atoms with Gasteiger partial charge in [-0.1, -0.05) is 67.8 Å². The molecule has 0 unspecified atom stereocenters. The summed E-state index contributed by atoms with van der Waals surface area (Å²) in [6, 6.07) is 9.44. The zero-order chi connectivity index (χ0) is 33.8. The van der Waals surface area contributed by atoms with E-state index in [-0.39, 0.29) is 27.8 Å². The van der Waals surface area contributed by atoms with Gasteiger partial charge < -0.3 is 14.7 Å². The molecule has 1 amide bonds. The van der Waals surface area contributed by atoms with Crippen molar-refractivity contribution < 1.29 is 23.1 Å². The molecule has 1 aliphatic heterocycles. The highest BCUT2D eigenvalue weighted by Gasteiger charge is 2.44. The minimum atomic E-state index is -3.95. The van der Waals surface area contributed by atoms with Crippen molar-refractivity contribution in [2.24, 2.45) is 11.8 Å². The van der Waals surface area contributed by atoms with Crippen LogP contribution in [0.1, 0.15) is 93.1 Å². The van der Waals surface area contributed by atoms with Gasteiger partial charge in [-0.3, -0.25) is 4.79 Å². The Kier molecular flexibility index (Phi) is 11.7. The lowest BCUT2D eigenvalue weighted by Crippen LogP contribution is -2.49. The van der Waals surface area contributed by atoms with Gasteiger partial charge in [-0.15, -0.1) is 6.58 Å². The monoisotopic (exact) mass is 702 g/mol. The molecular formula is C37H48Cl2N2O5S. The third-order valence-corrected chi connectivity index (χ3v) is 12.8. The fourth-order valence-corrected chi connectivity index (χ4v) is 9.41. The average molecular weight is 704 g/mol. The number of nitrogens with zero attached hydrogens (tertiary/aromatic N) is 1. The summed E-state index contributed by atoms with van der Waals surface area (Å²) < 4.78 is 35.3. The van der Waals surface area contributed by atoms with Gasteiger partial charge in [-0.2, -0.15) is 0 Å². The molecule has 7 nitrogen and oxygen atoms in total. The third kappa shape index (κ3) is 7.87. The number of benzene rings is 2. The molecule has 1 spiro atoms. The molecule has 0 saturated heterocycles. The summed E-state index contributed by atoms with van der Waals surface area (Å²) in [5.41, 5.74) is 2.91. The molecule has 256 valence electrons. The zero-order valence-corrected chi connectivity index (χ0v) is 29.8. The van der Waals surface area contributed by atoms with Crippen molar-refractivity contribution >= 4 is 44.8 Å². The van der Waals surface area contributed by atoms with Gasteiger partial charge in [0.2, 0.25) is 10.0 Å². The number of carbonyl (C=O) groups excluding carboxylic acids is 1. The SMILES string of the molecule is C=CCC[C@@H](CC)S(=O)(=O)NC(=O)c1cc2c(cc1Cl)OC[C@]1(CCCc3cc(Cl)ccc31)CN2C[C@@H]1CC[C@H]1[C@@H](O)/C=C/CCC. The van der Waals surface area contributed by atoms with Crippen LogP contribution in [0.15, 0.2) is 55.1 Å². The number of halogens is 2. The van der Waals surface area contributed by atoms with Crippen molar-refractivity contribution in [2.45, 2.75) is 94.8 Å². The number of nitrogens with one attached hydrogen (secondary N) is 1. The highest BCUT2D eigenvalue weighted by atomic mass is 35.5. The summed E-state index contributed by atoms with van der Waals surface area (Å²) in [7, 11) is -3.95. The van der Waals surface area contributed by atoms with Crippen LogP contribution < -0.4 is 14.4 Å². The van der Waals surface area contributed by atoms with Gasteiger partial charge in [-0.05, 0) is 98.9 Å². The summed E-state index contributed by atoms with van der Waals surface area (Å²) in [6.45, 7) is 9.33. The lowest BCUT2D eigenvalue weighted by molar-refractivity contribution is 0.0456. The molecule has 2 aromatic rings. The van der Waals surface area contributed by atoms with Crippen LogP contribution in [0.5, 0.6) is 5.75 Å². The zero-order valence-electron chi connectivity index (χ0n) is 27.5. The summed E-state index contributed by atoms with van der Waals surface area (Å²) in [4.78, 5) is 15.9. The number of sulfonamides is 1. The number of anilines is 1. The van der Waals surface area contributed by atoms with Crippen LogP contribution >= 0.6 is 23.2 Å². The molecule has 1 fully saturated rings. The van der Waals surface area contributed by atoms with E-state index in [4.69, 9.17) is 27.9 Å². The van der Waals surface area contributed by atoms with Gasteiger partial charge in [0.15, 0.2) is 0 Å². The molecule has 5 rings (SSSR count). The summed E-state index contributed by atoms with van der Waals surface area (Å²) in [5.74, 6) is 0.162. The van der Waals surface area contributed by atoms with Gasteiger partial charge >= 0.3 is 0 Å². The van der Waals surface area contributed by atoms with Crippen LogP contribution in [0.25, 0.3) is 0 Å². The average Bonchev–Trinajstić information content (AvgIpc) is 3.15. The first-order chi connectivity index (χ1) is 22.5. The number of amides is 1. The number of fused-ring (bicyclic) bond motifs is 3. The van der Waals surface area contributed by atoms with Gasteiger partial charge in [-0.25, -0.2) is 13.1 Å². The molecule has 2 aliphatic carbocycles. The van der Waals surface area contributed by atoms with Crippen molar-refractivity contribution in [3.63, 3.8) is 0 Å². The maximum Gasteiger partial charge on any atom is 0.266 e. The molecule has 1 heterocycles. The van der Waals surface area contributed by atoms with E-state index in [1.54, 1.807) is 25.1 Å². The molecule has 2 N–H and O–H groups in total. The Hall–Kier alpha value is -2.52. The van der Waals surface area contributed by atoms with Gasteiger partial charge in [0.25, 0.3) is 5.91 Å². The first-order valence-electron chi connectivity index (χ1n) is 17.0. The second-order valence-electron chi connectivity index (χ2n) is 13.5. The van der Waals surface area contributed by atoms with Crippen LogP contribution in [-0.2, 0) is 21.9 Å². The predicted molar refractivity (Wildman–Crippen MR) is 191 cm³/mol. The Morgan fingerprint density at radius 3 is 2.72 bits per heavy atom. The van der Waals surface area contributed by atoms with E-state index in [9.17, 15) is 18.3 Å². The van der Waals surface area contributed by atoms with Crippen LogP contribution in [-0.4, -0.2) is 50.5 Å². The standard InChI is InChI=1S/C37H48Cl2N2O5S/c1-4-7-9-13-34(42)29-16-14-26(29)22-41-23-37(18-10-11-25-19-27(38)15-17-31(25)37)24-46-35-21-32(39)30(20-33(35)41)36(43)40-47(44,45)28(6-3)12-8-5-2/h5,9,13,15,17,19-21,26,28-29,34,42H,2,4,6-8,10-12,14,16,18,22-24H2,1,3H3,(H,40,43)/b13-9+/t26-,28+,29+,34-,37-/m0/s1. The molecule has 0 bridgehead atoms. The molecule has 0 aromatic heterocycles. The minimum absolute atomic E-state index is 0.0839. The van der Waals surface area contributed by atoms with E-state index >= 15 is 0 Å². The van der Waals surface area contributed by atoms with E-state index in [0.717, 1.165) is 44.9 Å². The fourth-order valence-electron chi connectivity index (χ4n) is 7.56. The second-order valence-corrected chi connectivity index (χ2v) is 16.3. The lowest BCUT2D eigenvalue weighted by Gasteiger charge is -2.45. The van der Waals surface area contributed by atoms with Gasteiger partial charge in [0.05, 0.1) is 34.2 Å². The summed E-state index contributed by atoms with van der Waals surface area (Å²) in [5, 5.41) is 11.2. The Morgan fingerprint density at radius 1 is 1.21 bits per heavy atom. The molecule has 2 aromatic carbocycles. The fraction of sp³-hybridized carbons (Fsp3) is 0.541. The van der Waals surface area contributed by atoms with E-state index in [1.165, 1.54) is 11.1 Å². The molecule has 3 aliphatic rings. The van der Waals surface area contributed by atoms with Gasteiger partial charge in [0, 0.05) is 29.6 Å². The number of rotatable bonds is 13. The smallest absolute Gasteiger partial charge is 0.266 e. The number of carbonyl (C=O) groups is 1. The van der Waals surface area contributed by atoms with Gasteiger partial charge in [0.1, 0.15) is 5.75 Å². The van der Waals surface area contributed by atoms with Crippen molar-refractivity contribution in [3.05, 3.63) is 81.9 Å². The van der Waals surface area contributed by atoms with Crippen LogP contribution in [0.2, 0.25) is 10.0 Å². The number of hydrogen-bond acceptors (Lipinski definition) is 6. The van der Waals surface area contributed by atoms with E-state index < -0.39 is 27.3 Å². The number of aliphatic hydroxyl groups excluding tert-OH is 1. The number of unbranched alkanes of at least 4 members (excludes halogenated alkanes) is 1. The maximum atomic E-state index is 13.6. The molecule has 0 radical (unpaired) electrons. The second kappa shape index (κ2) is 15.4.